The Hall–Kier alpha value is 0.390. The lowest BCUT2D eigenvalue weighted by molar-refractivity contribution is 0.459. The largest absolute Gasteiger partial charge is 0.250 e. The number of rotatable bonds is 0. The van der Waals surface area contributed by atoms with Crippen LogP contribution < -0.4 is 0 Å². The van der Waals surface area contributed by atoms with Crippen molar-refractivity contribution in [3.8, 4) is 0 Å². The third-order valence-electron chi connectivity index (χ3n) is 2.91. The van der Waals surface area contributed by atoms with E-state index in [2.05, 4.69) is 62.3 Å². The molecule has 86 valence electrons. The van der Waals surface area contributed by atoms with Gasteiger partial charge in [0.05, 0.1) is 15.5 Å². The van der Waals surface area contributed by atoms with Crippen molar-refractivity contribution in [2.45, 2.75) is 77.8 Å². The molecule has 0 heterocycles. The monoisotopic (exact) mass is 219 g/mol. The lowest BCUT2D eigenvalue weighted by Crippen LogP contribution is -2.43. The second-order valence-corrected chi connectivity index (χ2v) is 12.4. The molecule has 0 aromatic carbocycles. The smallest absolute Gasteiger partial charge is 0.157 e. The van der Waals surface area contributed by atoms with Crippen LogP contribution in [0.1, 0.15) is 62.3 Å². The first kappa shape index (κ1) is 14.4. The van der Waals surface area contributed by atoms with E-state index in [-0.39, 0.29) is 15.5 Å². The van der Waals surface area contributed by atoms with Crippen molar-refractivity contribution in [1.82, 2.24) is 0 Å². The van der Waals surface area contributed by atoms with Crippen LogP contribution in [0, 0.1) is 0 Å². The quantitative estimate of drug-likeness (QED) is 0.602. The van der Waals surface area contributed by atoms with Gasteiger partial charge in [0.2, 0.25) is 0 Å². The molecule has 0 saturated heterocycles. The summed E-state index contributed by atoms with van der Waals surface area (Å²) >= 11 is 0. The zero-order valence-corrected chi connectivity index (χ0v) is 12.3. The van der Waals surface area contributed by atoms with Crippen LogP contribution >= 0.6 is 7.49 Å². The zero-order valence-electron chi connectivity index (χ0n) is 11.4. The van der Waals surface area contributed by atoms with Crippen LogP contribution in [0.25, 0.3) is 0 Å². The van der Waals surface area contributed by atoms with Gasteiger partial charge in [0, 0.05) is 0 Å². The van der Waals surface area contributed by atoms with E-state index in [1.807, 2.05) is 0 Å². The van der Waals surface area contributed by atoms with E-state index in [0.29, 0.717) is 0 Å². The minimum atomic E-state index is -2.02. The summed E-state index contributed by atoms with van der Waals surface area (Å²) in [5.74, 6) is 0. The predicted octanol–water partition coefficient (Wildman–Crippen LogP) is 4.31. The van der Waals surface area contributed by atoms with Crippen molar-refractivity contribution in [1.29, 1.82) is 0 Å². The van der Waals surface area contributed by atoms with Gasteiger partial charge in [-0.05, 0) is 62.3 Å². The first-order chi connectivity index (χ1) is 5.75. The van der Waals surface area contributed by atoms with Gasteiger partial charge in [0.1, 0.15) is 0 Å². The Labute approximate surface area is 90.7 Å². The Kier molecular flexibility index (Phi) is 3.55. The molecule has 0 radical (unpaired) electrons. The van der Waals surface area contributed by atoms with Crippen LogP contribution in [0.4, 0.5) is 0 Å². The second kappa shape index (κ2) is 3.46. The van der Waals surface area contributed by atoms with Gasteiger partial charge in [0.15, 0.2) is 7.49 Å². The summed E-state index contributed by atoms with van der Waals surface area (Å²) in [5, 5.41) is -0.0313. The Morgan fingerprint density at radius 1 is 0.571 bits per heavy atom. The molecule has 0 aromatic rings. The van der Waals surface area contributed by atoms with E-state index in [4.69, 9.17) is 0 Å². The van der Waals surface area contributed by atoms with E-state index >= 15 is 0 Å². The molecule has 2 heteroatoms. The summed E-state index contributed by atoms with van der Waals surface area (Å²) in [6.07, 6.45) is 0. The molecule has 14 heavy (non-hydrogen) atoms. The molecule has 0 aromatic heterocycles. The van der Waals surface area contributed by atoms with Crippen molar-refractivity contribution >= 4 is 7.49 Å². The van der Waals surface area contributed by atoms with Crippen molar-refractivity contribution in [3.63, 3.8) is 0 Å². The molecule has 0 spiro atoms. The van der Waals surface area contributed by atoms with Gasteiger partial charge in [-0.2, -0.15) is 0 Å². The molecular formula is C12H28OP+. The lowest BCUT2D eigenvalue weighted by atomic mass is 10.2. The highest BCUT2D eigenvalue weighted by atomic mass is 31.2. The molecule has 0 saturated carbocycles. The highest BCUT2D eigenvalue weighted by Gasteiger charge is 2.64. The topological polar surface area (TPSA) is 20.2 Å². The molecule has 0 aliphatic carbocycles. The average Bonchev–Trinajstić information content (AvgIpc) is 1.77. The average molecular weight is 219 g/mol. The maximum absolute atomic E-state index is 11.1. The molecule has 0 bridgehead atoms. The minimum absolute atomic E-state index is 0.0104. The molecule has 0 rings (SSSR count). The first-order valence-electron chi connectivity index (χ1n) is 5.37. The van der Waals surface area contributed by atoms with E-state index < -0.39 is 7.49 Å². The first-order valence-corrected chi connectivity index (χ1v) is 7.11. The van der Waals surface area contributed by atoms with E-state index in [1.165, 1.54) is 0 Å². The van der Waals surface area contributed by atoms with Crippen molar-refractivity contribution in [2.24, 2.45) is 0 Å². The number of hydrogen-bond acceptors (Lipinski definition) is 1. The number of hydrogen-bond donors (Lipinski definition) is 1. The maximum Gasteiger partial charge on any atom is 0.157 e. The van der Waals surface area contributed by atoms with Crippen LogP contribution in [-0.2, 0) is 0 Å². The van der Waals surface area contributed by atoms with E-state index in [9.17, 15) is 4.89 Å². The third kappa shape index (κ3) is 2.14. The fraction of sp³-hybridized carbons (Fsp3) is 1.00. The SMILES string of the molecule is CC(C)(C)[P+](O)(C(C)(C)C)C(C)(C)C. The normalized spacial score (nSPS) is 15.9. The van der Waals surface area contributed by atoms with Crippen LogP contribution in [-0.4, -0.2) is 20.4 Å². The van der Waals surface area contributed by atoms with Gasteiger partial charge in [0.25, 0.3) is 0 Å². The van der Waals surface area contributed by atoms with E-state index in [0.717, 1.165) is 0 Å². The maximum atomic E-state index is 11.1. The van der Waals surface area contributed by atoms with Crippen LogP contribution in [0.3, 0.4) is 0 Å². The molecular weight excluding hydrogens is 191 g/mol. The Morgan fingerprint density at radius 2 is 0.714 bits per heavy atom. The van der Waals surface area contributed by atoms with Crippen molar-refractivity contribution in [2.75, 3.05) is 0 Å². The molecule has 0 amide bonds. The third-order valence-corrected chi connectivity index (χ3v) is 8.74. The van der Waals surface area contributed by atoms with Gasteiger partial charge >= 0.3 is 0 Å². The summed E-state index contributed by atoms with van der Waals surface area (Å²) in [4.78, 5) is 11.1. The van der Waals surface area contributed by atoms with Gasteiger partial charge < -0.3 is 0 Å². The standard InChI is InChI=1S/C12H28OP/c1-10(2,3)14(13,11(4,5)6)12(7,8)9/h13H,1-9H3/q+1. The second-order valence-electron chi connectivity index (χ2n) is 7.15. The van der Waals surface area contributed by atoms with Gasteiger partial charge in [-0.15, -0.1) is 0 Å². The molecule has 1 N–H and O–H groups in total. The fourth-order valence-corrected chi connectivity index (χ4v) is 9.06. The summed E-state index contributed by atoms with van der Waals surface area (Å²) < 4.78 is 0. The summed E-state index contributed by atoms with van der Waals surface area (Å²) in [5.41, 5.74) is 0. The summed E-state index contributed by atoms with van der Waals surface area (Å²) in [7, 11) is -2.02. The minimum Gasteiger partial charge on any atom is -0.250 e. The van der Waals surface area contributed by atoms with Crippen molar-refractivity contribution < 1.29 is 4.89 Å². The van der Waals surface area contributed by atoms with Gasteiger partial charge in [-0.3, -0.25) is 4.89 Å². The molecule has 0 unspecified atom stereocenters. The highest BCUT2D eigenvalue weighted by Crippen LogP contribution is 2.80. The highest BCUT2D eigenvalue weighted by molar-refractivity contribution is 7.74. The molecule has 0 fully saturated rings. The molecule has 0 aliphatic heterocycles. The predicted molar refractivity (Wildman–Crippen MR) is 68.4 cm³/mol. The molecule has 1 nitrogen and oxygen atoms in total. The van der Waals surface area contributed by atoms with Crippen LogP contribution in [0.5, 0.6) is 0 Å². The Bertz CT molecular complexity index is 164. The summed E-state index contributed by atoms with van der Waals surface area (Å²) in [6, 6.07) is 0. The molecule has 0 aliphatic rings. The fourth-order valence-electron chi connectivity index (χ4n) is 3.02. The van der Waals surface area contributed by atoms with Gasteiger partial charge in [-0.25, -0.2) is 0 Å². The lowest BCUT2D eigenvalue weighted by Gasteiger charge is -2.48. The van der Waals surface area contributed by atoms with Crippen molar-refractivity contribution in [3.05, 3.63) is 0 Å². The van der Waals surface area contributed by atoms with Gasteiger partial charge in [-0.1, -0.05) is 0 Å². The zero-order chi connectivity index (χ0) is 12.0. The van der Waals surface area contributed by atoms with E-state index in [1.54, 1.807) is 0 Å². The molecule has 0 atom stereocenters. The summed E-state index contributed by atoms with van der Waals surface area (Å²) in [6.45, 7) is 19.5. The Morgan fingerprint density at radius 3 is 0.714 bits per heavy atom. The Balaban J connectivity index is 5.54. The van der Waals surface area contributed by atoms with Crippen LogP contribution in [0.2, 0.25) is 0 Å². The van der Waals surface area contributed by atoms with Crippen LogP contribution in [0.15, 0.2) is 0 Å².